The molecule has 0 radical (unpaired) electrons. The predicted octanol–water partition coefficient (Wildman–Crippen LogP) is -0.684. The van der Waals surface area contributed by atoms with Crippen molar-refractivity contribution in [1.29, 1.82) is 0 Å². The first kappa shape index (κ1) is 11.9. The maximum atomic E-state index is 5.02. The van der Waals surface area contributed by atoms with Gasteiger partial charge in [-0.15, -0.1) is 12.3 Å². The molecule has 0 heterocycles. The van der Waals surface area contributed by atoms with Gasteiger partial charge in [-0.1, -0.05) is 19.8 Å². The second kappa shape index (κ2) is 11.1. The van der Waals surface area contributed by atoms with E-state index in [0.717, 1.165) is 6.42 Å². The zero-order valence-corrected chi connectivity index (χ0v) is 9.03. The van der Waals surface area contributed by atoms with Gasteiger partial charge in [0, 0.05) is 6.42 Å². The Balaban J connectivity index is -0.000000180. The summed E-state index contributed by atoms with van der Waals surface area (Å²) in [6, 6.07) is 0. The second-order valence-electron chi connectivity index (χ2n) is 1.66. The van der Waals surface area contributed by atoms with Gasteiger partial charge in [-0.2, -0.15) is 0 Å². The second-order valence-corrected chi connectivity index (χ2v) is 1.66. The minimum Gasteiger partial charge on any atom is -1.00 e. The van der Waals surface area contributed by atoms with Gasteiger partial charge >= 0.3 is 51.4 Å². The first-order valence-electron chi connectivity index (χ1n) is 2.85. The SMILES string of the molecule is C#CCCCCC.[H-].[K+]. The van der Waals surface area contributed by atoms with Gasteiger partial charge in [0.15, 0.2) is 0 Å². The molecule has 0 unspecified atom stereocenters. The van der Waals surface area contributed by atoms with E-state index in [1.54, 1.807) is 0 Å². The van der Waals surface area contributed by atoms with Crippen molar-refractivity contribution in [2.75, 3.05) is 0 Å². The van der Waals surface area contributed by atoms with Crippen LogP contribution < -0.4 is 51.4 Å². The van der Waals surface area contributed by atoms with Crippen LogP contribution in [0.5, 0.6) is 0 Å². The van der Waals surface area contributed by atoms with Crippen LogP contribution in [0.1, 0.15) is 34.0 Å². The molecule has 0 aliphatic rings. The predicted molar refractivity (Wildman–Crippen MR) is 34.1 cm³/mol. The van der Waals surface area contributed by atoms with Crippen LogP contribution in [0, 0.1) is 12.3 Å². The largest absolute Gasteiger partial charge is 1.00 e. The number of rotatable bonds is 3. The van der Waals surface area contributed by atoms with Gasteiger partial charge in [-0.3, -0.25) is 0 Å². The normalized spacial score (nSPS) is 7.00. The smallest absolute Gasteiger partial charge is 1.00 e. The third-order valence-corrected chi connectivity index (χ3v) is 0.925. The Hall–Kier alpha value is 1.20. The number of terminal acetylenes is 1. The van der Waals surface area contributed by atoms with Crippen molar-refractivity contribution in [3.63, 3.8) is 0 Å². The van der Waals surface area contributed by atoms with Crippen LogP contribution >= 0.6 is 0 Å². The van der Waals surface area contributed by atoms with E-state index in [-0.39, 0.29) is 52.8 Å². The van der Waals surface area contributed by atoms with Crippen molar-refractivity contribution in [2.45, 2.75) is 32.6 Å². The summed E-state index contributed by atoms with van der Waals surface area (Å²) < 4.78 is 0. The Morgan fingerprint density at radius 1 is 1.50 bits per heavy atom. The number of hydrogen-bond donors (Lipinski definition) is 0. The van der Waals surface area contributed by atoms with Crippen molar-refractivity contribution < 1.29 is 52.8 Å². The molecule has 0 aliphatic carbocycles. The van der Waals surface area contributed by atoms with Gasteiger partial charge in [0.2, 0.25) is 0 Å². The van der Waals surface area contributed by atoms with Crippen LogP contribution in [0.3, 0.4) is 0 Å². The molecule has 0 amide bonds. The molecule has 0 aromatic carbocycles. The van der Waals surface area contributed by atoms with E-state index in [4.69, 9.17) is 6.42 Å². The Morgan fingerprint density at radius 2 is 2.12 bits per heavy atom. The average molecular weight is 136 g/mol. The maximum absolute atomic E-state index is 5.02. The van der Waals surface area contributed by atoms with Crippen LogP contribution in [0.15, 0.2) is 0 Å². The summed E-state index contributed by atoms with van der Waals surface area (Å²) in [6.07, 6.45) is 9.72. The molecule has 0 rings (SSSR count). The summed E-state index contributed by atoms with van der Waals surface area (Å²) in [5, 5.41) is 0. The van der Waals surface area contributed by atoms with E-state index in [9.17, 15) is 0 Å². The molecule has 0 aromatic heterocycles. The van der Waals surface area contributed by atoms with Crippen LogP contribution in [0.2, 0.25) is 0 Å². The van der Waals surface area contributed by atoms with Crippen molar-refractivity contribution in [3.05, 3.63) is 0 Å². The summed E-state index contributed by atoms with van der Waals surface area (Å²) in [4.78, 5) is 0. The number of hydrogen-bond acceptors (Lipinski definition) is 0. The van der Waals surface area contributed by atoms with Crippen LogP contribution in [-0.4, -0.2) is 0 Å². The minimum absolute atomic E-state index is 0. The molecule has 0 saturated carbocycles. The van der Waals surface area contributed by atoms with Crippen LogP contribution in [-0.2, 0) is 0 Å². The topological polar surface area (TPSA) is 0 Å². The van der Waals surface area contributed by atoms with Gasteiger partial charge in [0.05, 0.1) is 0 Å². The number of unbranched alkanes of at least 4 members (excludes halogenated alkanes) is 3. The Labute approximate surface area is 96.3 Å². The molecule has 0 spiro atoms. The molecule has 0 fully saturated rings. The fourth-order valence-electron chi connectivity index (χ4n) is 0.477. The maximum Gasteiger partial charge on any atom is 1.00 e. The van der Waals surface area contributed by atoms with E-state index < -0.39 is 0 Å². The zero-order chi connectivity index (χ0) is 5.54. The first-order chi connectivity index (χ1) is 3.41. The summed E-state index contributed by atoms with van der Waals surface area (Å²) in [5.74, 6) is 2.60. The van der Waals surface area contributed by atoms with Crippen molar-refractivity contribution in [1.82, 2.24) is 0 Å². The van der Waals surface area contributed by atoms with E-state index in [1.165, 1.54) is 19.3 Å². The Bertz CT molecular complexity index is 65.8. The standard InChI is InChI=1S/C7H12.K.H/c1-3-5-7-6-4-2;;/h1H,4-7H2,2H3;;/q;+1;-1. The first-order valence-corrected chi connectivity index (χ1v) is 2.85. The van der Waals surface area contributed by atoms with E-state index in [0.29, 0.717) is 0 Å². The van der Waals surface area contributed by atoms with E-state index in [2.05, 4.69) is 12.8 Å². The monoisotopic (exact) mass is 136 g/mol. The quantitative estimate of drug-likeness (QED) is 0.274. The molecule has 8 heavy (non-hydrogen) atoms. The van der Waals surface area contributed by atoms with Crippen molar-refractivity contribution in [2.24, 2.45) is 0 Å². The van der Waals surface area contributed by atoms with Gasteiger partial charge in [0.25, 0.3) is 0 Å². The molecule has 0 nitrogen and oxygen atoms in total. The molecule has 42 valence electrons. The van der Waals surface area contributed by atoms with Gasteiger partial charge in [-0.05, 0) is 6.42 Å². The average Bonchev–Trinajstić information content (AvgIpc) is 1.69. The minimum atomic E-state index is 0. The van der Waals surface area contributed by atoms with Crippen molar-refractivity contribution in [3.8, 4) is 12.3 Å². The Morgan fingerprint density at radius 3 is 2.50 bits per heavy atom. The molecule has 1 heteroatoms. The summed E-state index contributed by atoms with van der Waals surface area (Å²) in [7, 11) is 0. The molecule has 0 aliphatic heterocycles. The van der Waals surface area contributed by atoms with Gasteiger partial charge in [0.1, 0.15) is 0 Å². The fraction of sp³-hybridized carbons (Fsp3) is 0.714. The summed E-state index contributed by atoms with van der Waals surface area (Å²) >= 11 is 0. The summed E-state index contributed by atoms with van der Waals surface area (Å²) in [5.41, 5.74) is 0. The van der Waals surface area contributed by atoms with Crippen molar-refractivity contribution >= 4 is 0 Å². The van der Waals surface area contributed by atoms with E-state index in [1.807, 2.05) is 0 Å². The third-order valence-electron chi connectivity index (χ3n) is 0.925. The van der Waals surface area contributed by atoms with Crippen LogP contribution in [0.25, 0.3) is 0 Å². The Kier molecular flexibility index (Phi) is 16.5. The van der Waals surface area contributed by atoms with Crippen LogP contribution in [0.4, 0.5) is 0 Å². The molecular formula is C7H13K. The molecule has 0 saturated heterocycles. The zero-order valence-electron chi connectivity index (χ0n) is 6.91. The third kappa shape index (κ3) is 10.2. The fourth-order valence-corrected chi connectivity index (χ4v) is 0.477. The van der Waals surface area contributed by atoms with Gasteiger partial charge in [-0.25, -0.2) is 0 Å². The molecular weight excluding hydrogens is 123 g/mol. The molecule has 0 atom stereocenters. The summed E-state index contributed by atoms with van der Waals surface area (Å²) in [6.45, 7) is 2.18. The molecule has 0 bridgehead atoms. The van der Waals surface area contributed by atoms with Gasteiger partial charge < -0.3 is 1.43 Å². The van der Waals surface area contributed by atoms with E-state index >= 15 is 0 Å². The molecule has 0 N–H and O–H groups in total. The molecule has 0 aromatic rings.